The normalized spacial score (nSPS) is 19.0. The molecule has 3 rings (SSSR count). The predicted molar refractivity (Wildman–Crippen MR) is 81.6 cm³/mol. The van der Waals surface area contributed by atoms with E-state index >= 15 is 0 Å². The number of carbonyl (C=O) groups is 2. The summed E-state index contributed by atoms with van der Waals surface area (Å²) < 4.78 is 14.3. The molecule has 0 aliphatic heterocycles. The molecule has 1 aliphatic rings. The molecule has 1 heterocycles. The molecule has 7 heteroatoms. The van der Waals surface area contributed by atoms with E-state index < -0.39 is 23.9 Å². The fourth-order valence-electron chi connectivity index (χ4n) is 2.18. The Morgan fingerprint density at radius 2 is 2.22 bits per heavy atom. The molecular weight excluding hydrogens is 299 g/mol. The summed E-state index contributed by atoms with van der Waals surface area (Å²) in [6.45, 7) is 0. The van der Waals surface area contributed by atoms with Gasteiger partial charge in [0.2, 0.25) is 5.91 Å². The van der Waals surface area contributed by atoms with E-state index in [4.69, 9.17) is 12.2 Å². The summed E-state index contributed by atoms with van der Waals surface area (Å²) in [5.74, 6) is 0.540. The summed E-state index contributed by atoms with van der Waals surface area (Å²) in [4.78, 5) is 23.3. The molecule has 2 unspecified atom stereocenters. The van der Waals surface area contributed by atoms with Crippen molar-refractivity contribution in [2.24, 2.45) is 11.7 Å². The SMILES string of the molecule is C#Cc1cccc(-n2cc(NC(=O)C3CC3F)c(C(N)=O)n2)c1. The van der Waals surface area contributed by atoms with Gasteiger partial charge in [0.05, 0.1) is 23.5 Å². The second-order valence-corrected chi connectivity index (χ2v) is 5.24. The van der Waals surface area contributed by atoms with Gasteiger partial charge in [-0.3, -0.25) is 9.59 Å². The van der Waals surface area contributed by atoms with Gasteiger partial charge in [0.15, 0.2) is 5.69 Å². The minimum Gasteiger partial charge on any atom is -0.364 e. The van der Waals surface area contributed by atoms with Crippen LogP contribution in [0.4, 0.5) is 10.1 Å². The average molecular weight is 312 g/mol. The molecule has 1 fully saturated rings. The molecule has 1 aromatic heterocycles. The number of primary amides is 1. The molecule has 1 saturated carbocycles. The molecule has 0 saturated heterocycles. The molecule has 6 nitrogen and oxygen atoms in total. The van der Waals surface area contributed by atoms with Crippen molar-refractivity contribution in [3.8, 4) is 18.0 Å². The quantitative estimate of drug-likeness (QED) is 0.833. The van der Waals surface area contributed by atoms with E-state index in [9.17, 15) is 14.0 Å². The third-order valence-electron chi connectivity index (χ3n) is 3.53. The lowest BCUT2D eigenvalue weighted by molar-refractivity contribution is -0.117. The van der Waals surface area contributed by atoms with Gasteiger partial charge in [-0.25, -0.2) is 9.07 Å². The first-order valence-electron chi connectivity index (χ1n) is 6.91. The second-order valence-electron chi connectivity index (χ2n) is 5.24. The molecule has 0 spiro atoms. The van der Waals surface area contributed by atoms with Crippen molar-refractivity contribution in [2.45, 2.75) is 12.6 Å². The molecule has 23 heavy (non-hydrogen) atoms. The van der Waals surface area contributed by atoms with Crippen molar-refractivity contribution in [1.29, 1.82) is 0 Å². The summed E-state index contributed by atoms with van der Waals surface area (Å²) in [7, 11) is 0. The lowest BCUT2D eigenvalue weighted by Gasteiger charge is -2.02. The van der Waals surface area contributed by atoms with Crippen LogP contribution in [0.25, 0.3) is 5.69 Å². The van der Waals surface area contributed by atoms with Crippen LogP contribution in [-0.2, 0) is 4.79 Å². The van der Waals surface area contributed by atoms with Crippen molar-refractivity contribution in [1.82, 2.24) is 9.78 Å². The summed E-state index contributed by atoms with van der Waals surface area (Å²) in [6.07, 6.45) is 5.86. The van der Waals surface area contributed by atoms with Gasteiger partial charge in [-0.1, -0.05) is 12.0 Å². The molecule has 2 aromatic rings. The van der Waals surface area contributed by atoms with Crippen molar-refractivity contribution in [3.05, 3.63) is 41.7 Å². The minimum atomic E-state index is -1.13. The number of nitrogens with two attached hydrogens (primary N) is 1. The van der Waals surface area contributed by atoms with Crippen LogP contribution in [0.3, 0.4) is 0 Å². The van der Waals surface area contributed by atoms with Gasteiger partial charge < -0.3 is 11.1 Å². The maximum atomic E-state index is 12.9. The number of hydrogen-bond acceptors (Lipinski definition) is 3. The van der Waals surface area contributed by atoms with Gasteiger partial charge >= 0.3 is 0 Å². The van der Waals surface area contributed by atoms with Gasteiger partial charge in [-0.15, -0.1) is 6.42 Å². The lowest BCUT2D eigenvalue weighted by Crippen LogP contribution is -2.19. The van der Waals surface area contributed by atoms with E-state index in [1.54, 1.807) is 24.3 Å². The third-order valence-corrected chi connectivity index (χ3v) is 3.53. The Hall–Kier alpha value is -3.14. The number of anilines is 1. The Balaban J connectivity index is 1.93. The first-order chi connectivity index (χ1) is 11.0. The summed E-state index contributed by atoms with van der Waals surface area (Å²) in [5.41, 5.74) is 6.58. The topological polar surface area (TPSA) is 90.0 Å². The highest BCUT2D eigenvalue weighted by Gasteiger charge is 2.44. The van der Waals surface area contributed by atoms with Gasteiger partial charge in [0.25, 0.3) is 5.91 Å². The number of aromatic nitrogens is 2. The van der Waals surface area contributed by atoms with Crippen molar-refractivity contribution >= 4 is 17.5 Å². The smallest absolute Gasteiger partial charge is 0.271 e. The molecule has 0 bridgehead atoms. The zero-order valence-electron chi connectivity index (χ0n) is 12.0. The largest absolute Gasteiger partial charge is 0.364 e. The molecule has 0 radical (unpaired) electrons. The fraction of sp³-hybridized carbons (Fsp3) is 0.188. The number of alkyl halides is 1. The van der Waals surface area contributed by atoms with Crippen LogP contribution in [0, 0.1) is 18.3 Å². The summed E-state index contributed by atoms with van der Waals surface area (Å²) in [5, 5.41) is 6.57. The monoisotopic (exact) mass is 312 g/mol. The number of carbonyl (C=O) groups excluding carboxylic acids is 2. The predicted octanol–water partition coefficient (Wildman–Crippen LogP) is 1.25. The van der Waals surface area contributed by atoms with E-state index in [2.05, 4.69) is 16.3 Å². The van der Waals surface area contributed by atoms with E-state index in [0.29, 0.717) is 11.3 Å². The second kappa shape index (κ2) is 5.57. The first-order valence-corrected chi connectivity index (χ1v) is 6.91. The fourth-order valence-corrected chi connectivity index (χ4v) is 2.18. The number of hydrogen-bond donors (Lipinski definition) is 2. The summed E-state index contributed by atoms with van der Waals surface area (Å²) >= 11 is 0. The number of nitrogens with one attached hydrogen (secondary N) is 1. The highest BCUT2D eigenvalue weighted by Crippen LogP contribution is 2.35. The van der Waals surface area contributed by atoms with E-state index in [1.807, 2.05) is 0 Å². The van der Waals surface area contributed by atoms with Gasteiger partial charge in [-0.05, 0) is 24.6 Å². The number of benzene rings is 1. The van der Waals surface area contributed by atoms with Crippen molar-refractivity contribution in [2.75, 3.05) is 5.32 Å². The maximum absolute atomic E-state index is 12.9. The highest BCUT2D eigenvalue weighted by molar-refractivity contribution is 6.02. The van der Waals surface area contributed by atoms with Gasteiger partial charge in [0, 0.05) is 5.56 Å². The van der Waals surface area contributed by atoms with E-state index in [-0.39, 0.29) is 17.8 Å². The summed E-state index contributed by atoms with van der Waals surface area (Å²) in [6, 6.07) is 6.93. The van der Waals surface area contributed by atoms with E-state index in [1.165, 1.54) is 10.9 Å². The van der Waals surface area contributed by atoms with Crippen LogP contribution in [0.15, 0.2) is 30.5 Å². The van der Waals surface area contributed by atoms with Crippen LogP contribution >= 0.6 is 0 Å². The Morgan fingerprint density at radius 3 is 2.83 bits per heavy atom. The Morgan fingerprint density at radius 1 is 1.48 bits per heavy atom. The third kappa shape index (κ3) is 2.92. The first kappa shape index (κ1) is 14.8. The van der Waals surface area contributed by atoms with Crippen molar-refractivity contribution in [3.63, 3.8) is 0 Å². The Kier molecular flexibility index (Phi) is 3.58. The van der Waals surface area contributed by atoms with Gasteiger partial charge in [0.1, 0.15) is 6.17 Å². The van der Waals surface area contributed by atoms with Crippen LogP contribution in [-0.4, -0.2) is 27.8 Å². The molecule has 2 atom stereocenters. The van der Waals surface area contributed by atoms with E-state index in [0.717, 1.165) is 0 Å². The van der Waals surface area contributed by atoms with Crippen LogP contribution in [0.1, 0.15) is 22.5 Å². The number of terminal acetylenes is 1. The molecule has 3 N–H and O–H groups in total. The molecule has 116 valence electrons. The molecular formula is C16H13FN4O2. The number of amides is 2. The Bertz CT molecular complexity index is 837. The van der Waals surface area contributed by atoms with Crippen molar-refractivity contribution < 1.29 is 14.0 Å². The lowest BCUT2D eigenvalue weighted by atomic mass is 10.2. The molecule has 1 aromatic carbocycles. The number of rotatable bonds is 4. The van der Waals surface area contributed by atoms with Gasteiger partial charge in [-0.2, -0.15) is 5.10 Å². The maximum Gasteiger partial charge on any atom is 0.271 e. The molecule has 1 aliphatic carbocycles. The van der Waals surface area contributed by atoms with Crippen LogP contribution in [0.2, 0.25) is 0 Å². The minimum absolute atomic E-state index is 0.0967. The molecule has 2 amide bonds. The standard InChI is InChI=1S/C16H13FN4O2/c1-2-9-4-3-5-10(6-9)21-8-13(14(20-21)15(18)22)19-16(23)11-7-12(11)17/h1,3-6,8,11-12H,7H2,(H2,18,22)(H,19,23). The zero-order chi connectivity index (χ0) is 16.6. The Labute approximate surface area is 131 Å². The highest BCUT2D eigenvalue weighted by atomic mass is 19.1. The number of halogens is 1. The zero-order valence-corrected chi connectivity index (χ0v) is 12.0. The number of nitrogens with zero attached hydrogens (tertiary/aromatic N) is 2. The van der Waals surface area contributed by atoms with Crippen LogP contribution in [0.5, 0.6) is 0 Å². The average Bonchev–Trinajstić information content (AvgIpc) is 3.12. The van der Waals surface area contributed by atoms with Crippen LogP contribution < -0.4 is 11.1 Å².